The number of fused-ring (bicyclic) bond motifs is 1. The SMILES string of the molecule is CCc1nc(NCc2ccccc2OC)c2onc(-c3ccccc3)c2n1. The summed E-state index contributed by atoms with van der Waals surface area (Å²) in [5.41, 5.74) is 4.00. The molecule has 4 rings (SSSR count). The van der Waals surface area contributed by atoms with Gasteiger partial charge in [-0.15, -0.1) is 0 Å². The molecule has 0 bridgehead atoms. The van der Waals surface area contributed by atoms with Crippen LogP contribution in [-0.2, 0) is 13.0 Å². The van der Waals surface area contributed by atoms with Crippen LogP contribution in [0.15, 0.2) is 59.1 Å². The molecular weight excluding hydrogens is 340 g/mol. The smallest absolute Gasteiger partial charge is 0.228 e. The Kier molecular flexibility index (Phi) is 4.70. The second-order valence-electron chi connectivity index (χ2n) is 6.08. The largest absolute Gasteiger partial charge is 0.496 e. The van der Waals surface area contributed by atoms with Gasteiger partial charge in [0.2, 0.25) is 5.58 Å². The van der Waals surface area contributed by atoms with Gasteiger partial charge in [0.05, 0.1) is 7.11 Å². The van der Waals surface area contributed by atoms with Gasteiger partial charge in [-0.05, 0) is 6.07 Å². The Labute approximate surface area is 157 Å². The first kappa shape index (κ1) is 17.0. The predicted molar refractivity (Wildman–Crippen MR) is 105 cm³/mol. The number of aryl methyl sites for hydroxylation is 1. The van der Waals surface area contributed by atoms with Gasteiger partial charge in [0.25, 0.3) is 0 Å². The maximum atomic E-state index is 5.61. The van der Waals surface area contributed by atoms with Crippen molar-refractivity contribution in [3.63, 3.8) is 0 Å². The van der Waals surface area contributed by atoms with E-state index in [1.54, 1.807) is 7.11 Å². The minimum absolute atomic E-state index is 0.556. The van der Waals surface area contributed by atoms with Gasteiger partial charge >= 0.3 is 0 Å². The summed E-state index contributed by atoms with van der Waals surface area (Å²) < 4.78 is 11.0. The van der Waals surface area contributed by atoms with Crippen LogP contribution in [0.5, 0.6) is 5.75 Å². The molecule has 136 valence electrons. The summed E-state index contributed by atoms with van der Waals surface area (Å²) in [6.07, 6.45) is 0.721. The summed E-state index contributed by atoms with van der Waals surface area (Å²) in [4.78, 5) is 9.25. The van der Waals surface area contributed by atoms with Crippen molar-refractivity contribution in [2.45, 2.75) is 19.9 Å². The molecule has 0 radical (unpaired) electrons. The molecule has 6 nitrogen and oxygen atoms in total. The fourth-order valence-electron chi connectivity index (χ4n) is 2.97. The molecule has 1 N–H and O–H groups in total. The van der Waals surface area contributed by atoms with Crippen LogP contribution in [0.4, 0.5) is 5.82 Å². The lowest BCUT2D eigenvalue weighted by molar-refractivity contribution is 0.410. The van der Waals surface area contributed by atoms with Gasteiger partial charge in [-0.25, -0.2) is 9.97 Å². The zero-order valence-electron chi connectivity index (χ0n) is 15.3. The van der Waals surface area contributed by atoms with Gasteiger partial charge in [0.1, 0.15) is 22.8 Å². The van der Waals surface area contributed by atoms with Crippen molar-refractivity contribution < 1.29 is 9.26 Å². The van der Waals surface area contributed by atoms with Gasteiger partial charge in [0.15, 0.2) is 5.82 Å². The Bertz CT molecular complexity index is 1060. The molecule has 2 heterocycles. The molecule has 0 saturated heterocycles. The third kappa shape index (κ3) is 3.33. The highest BCUT2D eigenvalue weighted by atomic mass is 16.5. The van der Waals surface area contributed by atoms with Crippen molar-refractivity contribution >= 4 is 16.9 Å². The topological polar surface area (TPSA) is 73.1 Å². The normalized spacial score (nSPS) is 10.9. The zero-order chi connectivity index (χ0) is 18.6. The first-order chi connectivity index (χ1) is 13.3. The number of rotatable bonds is 6. The van der Waals surface area contributed by atoms with E-state index >= 15 is 0 Å². The van der Waals surface area contributed by atoms with E-state index in [9.17, 15) is 0 Å². The summed E-state index contributed by atoms with van der Waals surface area (Å²) in [6, 6.07) is 17.8. The van der Waals surface area contributed by atoms with Crippen molar-refractivity contribution in [1.29, 1.82) is 0 Å². The molecule has 0 saturated carbocycles. The van der Waals surface area contributed by atoms with E-state index in [1.165, 1.54) is 0 Å². The second-order valence-corrected chi connectivity index (χ2v) is 6.08. The molecule has 0 spiro atoms. The van der Waals surface area contributed by atoms with E-state index in [-0.39, 0.29) is 0 Å². The fourth-order valence-corrected chi connectivity index (χ4v) is 2.97. The highest BCUT2D eigenvalue weighted by Gasteiger charge is 2.18. The third-order valence-electron chi connectivity index (χ3n) is 4.37. The summed E-state index contributed by atoms with van der Waals surface area (Å²) in [7, 11) is 1.67. The Morgan fingerprint density at radius 1 is 1.00 bits per heavy atom. The number of anilines is 1. The van der Waals surface area contributed by atoms with E-state index in [0.29, 0.717) is 17.9 Å². The van der Waals surface area contributed by atoms with Crippen LogP contribution < -0.4 is 10.1 Å². The standard InChI is InChI=1S/C21H20N4O2/c1-3-17-23-19-18(14-9-5-4-6-10-14)25-27-20(19)21(24-17)22-13-15-11-7-8-12-16(15)26-2/h4-12H,3,13H2,1-2H3,(H,22,23,24). The Morgan fingerprint density at radius 2 is 1.78 bits per heavy atom. The average molecular weight is 360 g/mol. The number of hydrogen-bond donors (Lipinski definition) is 1. The molecule has 4 aromatic rings. The number of hydrogen-bond acceptors (Lipinski definition) is 6. The lowest BCUT2D eigenvalue weighted by atomic mass is 10.1. The minimum atomic E-state index is 0.556. The first-order valence-electron chi connectivity index (χ1n) is 8.87. The Hall–Kier alpha value is -3.41. The lowest BCUT2D eigenvalue weighted by Crippen LogP contribution is -2.06. The van der Waals surface area contributed by atoms with Crippen molar-refractivity contribution in [2.24, 2.45) is 0 Å². The summed E-state index contributed by atoms with van der Waals surface area (Å²) in [5, 5.41) is 7.60. The maximum absolute atomic E-state index is 5.61. The molecule has 27 heavy (non-hydrogen) atoms. The van der Waals surface area contributed by atoms with E-state index in [4.69, 9.17) is 9.26 Å². The molecular formula is C21H20N4O2. The number of para-hydroxylation sites is 1. The van der Waals surface area contributed by atoms with Gasteiger partial charge < -0.3 is 14.6 Å². The molecule has 0 atom stereocenters. The highest BCUT2D eigenvalue weighted by molar-refractivity contribution is 5.93. The Balaban J connectivity index is 1.73. The van der Waals surface area contributed by atoms with Gasteiger partial charge in [-0.2, -0.15) is 0 Å². The molecule has 0 aliphatic rings. The zero-order valence-corrected chi connectivity index (χ0v) is 15.3. The molecule has 0 amide bonds. The van der Waals surface area contributed by atoms with Crippen LogP contribution in [0.2, 0.25) is 0 Å². The molecule has 2 aromatic heterocycles. The van der Waals surface area contributed by atoms with E-state index < -0.39 is 0 Å². The maximum Gasteiger partial charge on any atom is 0.228 e. The molecule has 0 fully saturated rings. The van der Waals surface area contributed by atoms with E-state index in [1.807, 2.05) is 61.5 Å². The molecule has 0 aliphatic heterocycles. The van der Waals surface area contributed by atoms with Crippen LogP contribution in [0.25, 0.3) is 22.4 Å². The second kappa shape index (κ2) is 7.45. The lowest BCUT2D eigenvalue weighted by Gasteiger charge is -2.10. The van der Waals surface area contributed by atoms with Gasteiger partial charge in [-0.1, -0.05) is 60.6 Å². The predicted octanol–water partition coefficient (Wildman–Crippen LogP) is 4.47. The van der Waals surface area contributed by atoms with Crippen molar-refractivity contribution in [1.82, 2.24) is 15.1 Å². The van der Waals surface area contributed by atoms with Crippen LogP contribution in [0.1, 0.15) is 18.3 Å². The van der Waals surface area contributed by atoms with Crippen LogP contribution in [0.3, 0.4) is 0 Å². The number of benzene rings is 2. The summed E-state index contributed by atoms with van der Waals surface area (Å²) in [6.45, 7) is 2.58. The highest BCUT2D eigenvalue weighted by Crippen LogP contribution is 2.30. The molecule has 0 aliphatic carbocycles. The first-order valence-corrected chi connectivity index (χ1v) is 8.87. The number of methoxy groups -OCH3 is 1. The van der Waals surface area contributed by atoms with Crippen molar-refractivity contribution in [3.8, 4) is 17.0 Å². The van der Waals surface area contributed by atoms with Crippen LogP contribution >= 0.6 is 0 Å². The number of aromatic nitrogens is 3. The molecule has 6 heteroatoms. The van der Waals surface area contributed by atoms with Gasteiger partial charge in [-0.3, -0.25) is 0 Å². The Morgan fingerprint density at radius 3 is 2.56 bits per heavy atom. The average Bonchev–Trinajstić information content (AvgIpc) is 3.16. The van der Waals surface area contributed by atoms with E-state index in [0.717, 1.165) is 40.3 Å². The summed E-state index contributed by atoms with van der Waals surface area (Å²) in [5.74, 6) is 2.21. The monoisotopic (exact) mass is 360 g/mol. The molecule has 0 unspecified atom stereocenters. The third-order valence-corrected chi connectivity index (χ3v) is 4.37. The molecule has 2 aromatic carbocycles. The number of nitrogens with zero attached hydrogens (tertiary/aromatic N) is 3. The van der Waals surface area contributed by atoms with Crippen molar-refractivity contribution in [2.75, 3.05) is 12.4 Å². The quantitative estimate of drug-likeness (QED) is 0.547. The number of nitrogens with one attached hydrogen (secondary N) is 1. The van der Waals surface area contributed by atoms with Gasteiger partial charge in [0, 0.05) is 24.1 Å². The van der Waals surface area contributed by atoms with E-state index in [2.05, 4.69) is 20.4 Å². The van der Waals surface area contributed by atoms with Crippen LogP contribution in [-0.4, -0.2) is 22.2 Å². The fraction of sp³-hybridized carbons (Fsp3) is 0.190. The summed E-state index contributed by atoms with van der Waals surface area (Å²) >= 11 is 0. The van der Waals surface area contributed by atoms with Crippen molar-refractivity contribution in [3.05, 3.63) is 66.0 Å². The number of ether oxygens (including phenoxy) is 1. The van der Waals surface area contributed by atoms with Crippen LogP contribution in [0, 0.1) is 0 Å². The minimum Gasteiger partial charge on any atom is -0.496 e.